The van der Waals surface area contributed by atoms with Crippen molar-refractivity contribution in [2.24, 2.45) is 0 Å². The third kappa shape index (κ3) is 4.44. The molecule has 2 aromatic rings. The lowest BCUT2D eigenvalue weighted by Crippen LogP contribution is -2.48. The van der Waals surface area contributed by atoms with Gasteiger partial charge in [-0.15, -0.1) is 11.3 Å². The van der Waals surface area contributed by atoms with E-state index in [-0.39, 0.29) is 21.7 Å². The first-order chi connectivity index (χ1) is 14.1. The molecule has 0 spiro atoms. The average Bonchev–Trinajstić information content (AvgIpc) is 3.26. The smallest absolute Gasteiger partial charge is 0.263 e. The molecule has 156 valence electrons. The van der Waals surface area contributed by atoms with Gasteiger partial charge in [-0.3, -0.25) is 4.79 Å². The van der Waals surface area contributed by atoms with E-state index in [1.54, 1.807) is 29.9 Å². The molecular weight excluding hydrogens is 410 g/mol. The first-order valence-corrected chi connectivity index (χ1v) is 12.3. The second-order valence-electron chi connectivity index (χ2n) is 7.39. The molecule has 1 N–H and O–H groups in total. The van der Waals surface area contributed by atoms with E-state index >= 15 is 0 Å². The van der Waals surface area contributed by atoms with Crippen LogP contribution >= 0.6 is 11.3 Å². The summed E-state index contributed by atoms with van der Waals surface area (Å²) in [6.07, 6.45) is 7.93. The van der Waals surface area contributed by atoms with Crippen LogP contribution < -0.4 is 10.2 Å². The first-order valence-electron chi connectivity index (χ1n) is 9.96. The van der Waals surface area contributed by atoms with Gasteiger partial charge in [-0.2, -0.15) is 4.31 Å². The zero-order valence-electron chi connectivity index (χ0n) is 16.2. The number of hydrogen-bond donors (Lipinski definition) is 1. The van der Waals surface area contributed by atoms with Crippen molar-refractivity contribution < 1.29 is 13.2 Å². The minimum absolute atomic E-state index is 0.0762. The van der Waals surface area contributed by atoms with E-state index in [9.17, 15) is 13.2 Å². The fourth-order valence-corrected chi connectivity index (χ4v) is 6.71. The molecular formula is C19H25N5O3S2. The number of carbonyl (C=O) groups is 1. The number of hydrogen-bond acceptors (Lipinski definition) is 7. The third-order valence-corrected chi connectivity index (χ3v) is 8.34. The molecule has 0 radical (unpaired) electrons. The topological polar surface area (TPSA) is 95.5 Å². The SMILES string of the molecule is O=C(N[C@@H]1CCCN(c2ncccn2)C1)c1sccc1S(=O)(=O)N1CCCCC1. The molecule has 2 aliphatic rings. The number of sulfonamides is 1. The molecule has 0 aliphatic carbocycles. The van der Waals surface area contributed by atoms with Crippen molar-refractivity contribution in [2.75, 3.05) is 31.1 Å². The maximum absolute atomic E-state index is 13.0. The van der Waals surface area contributed by atoms with Gasteiger partial charge in [0.15, 0.2) is 0 Å². The molecule has 0 unspecified atom stereocenters. The van der Waals surface area contributed by atoms with Gasteiger partial charge in [-0.05, 0) is 43.2 Å². The summed E-state index contributed by atoms with van der Waals surface area (Å²) in [5, 5.41) is 4.71. The van der Waals surface area contributed by atoms with Crippen molar-refractivity contribution in [3.63, 3.8) is 0 Å². The lowest BCUT2D eigenvalue weighted by Gasteiger charge is -2.33. The Bertz CT molecular complexity index is 942. The summed E-state index contributed by atoms with van der Waals surface area (Å²) in [6.45, 7) is 2.49. The van der Waals surface area contributed by atoms with E-state index < -0.39 is 10.0 Å². The van der Waals surface area contributed by atoms with Crippen LogP contribution in [0.2, 0.25) is 0 Å². The second-order valence-corrected chi connectivity index (χ2v) is 10.2. The molecule has 0 bridgehead atoms. The van der Waals surface area contributed by atoms with Crippen molar-refractivity contribution in [3.05, 3.63) is 34.8 Å². The van der Waals surface area contributed by atoms with Crippen molar-refractivity contribution in [1.29, 1.82) is 0 Å². The highest BCUT2D eigenvalue weighted by molar-refractivity contribution is 7.89. The van der Waals surface area contributed by atoms with Crippen molar-refractivity contribution in [1.82, 2.24) is 19.6 Å². The van der Waals surface area contributed by atoms with Crippen LogP contribution in [0.5, 0.6) is 0 Å². The number of nitrogens with zero attached hydrogens (tertiary/aromatic N) is 4. The van der Waals surface area contributed by atoms with Gasteiger partial charge in [0.1, 0.15) is 9.77 Å². The van der Waals surface area contributed by atoms with Gasteiger partial charge >= 0.3 is 0 Å². The van der Waals surface area contributed by atoms with E-state index in [1.165, 1.54) is 15.6 Å². The van der Waals surface area contributed by atoms with Gasteiger partial charge in [-0.25, -0.2) is 18.4 Å². The number of piperidine rings is 2. The van der Waals surface area contributed by atoms with Crippen LogP contribution in [0, 0.1) is 0 Å². The minimum atomic E-state index is -3.64. The summed E-state index contributed by atoms with van der Waals surface area (Å²) in [5.41, 5.74) is 0. The van der Waals surface area contributed by atoms with E-state index in [0.717, 1.165) is 38.6 Å². The molecule has 4 rings (SSSR count). The Kier molecular flexibility index (Phi) is 6.12. The zero-order chi connectivity index (χ0) is 20.3. The Labute approximate surface area is 175 Å². The molecule has 1 atom stereocenters. The Hall–Kier alpha value is -2.04. The number of rotatable bonds is 5. The van der Waals surface area contributed by atoms with Crippen LogP contribution in [0.25, 0.3) is 0 Å². The summed E-state index contributed by atoms with van der Waals surface area (Å²) >= 11 is 1.18. The highest BCUT2D eigenvalue weighted by atomic mass is 32.2. The first kappa shape index (κ1) is 20.2. The third-order valence-electron chi connectivity index (χ3n) is 5.36. The van der Waals surface area contributed by atoms with Gasteiger partial charge in [-0.1, -0.05) is 6.42 Å². The summed E-state index contributed by atoms with van der Waals surface area (Å²) in [6, 6.07) is 3.25. The number of nitrogens with one attached hydrogen (secondary N) is 1. The molecule has 2 fully saturated rings. The molecule has 0 saturated carbocycles. The monoisotopic (exact) mass is 435 g/mol. The van der Waals surface area contributed by atoms with Gasteiger partial charge in [0.2, 0.25) is 16.0 Å². The van der Waals surface area contributed by atoms with Crippen LogP contribution in [0.4, 0.5) is 5.95 Å². The van der Waals surface area contributed by atoms with Crippen LogP contribution in [-0.2, 0) is 10.0 Å². The molecule has 4 heterocycles. The van der Waals surface area contributed by atoms with E-state index in [2.05, 4.69) is 15.3 Å². The normalized spacial score (nSPS) is 21.1. The van der Waals surface area contributed by atoms with Crippen LogP contribution in [0.15, 0.2) is 34.8 Å². The van der Waals surface area contributed by atoms with E-state index in [4.69, 9.17) is 0 Å². The number of anilines is 1. The molecule has 8 nitrogen and oxygen atoms in total. The second kappa shape index (κ2) is 8.76. The largest absolute Gasteiger partial charge is 0.347 e. The molecule has 2 aromatic heterocycles. The summed E-state index contributed by atoms with van der Waals surface area (Å²) < 4.78 is 27.6. The number of amides is 1. The summed E-state index contributed by atoms with van der Waals surface area (Å²) in [4.78, 5) is 23.9. The Morgan fingerprint density at radius 2 is 1.86 bits per heavy atom. The number of thiophene rings is 1. The summed E-state index contributed by atoms with van der Waals surface area (Å²) in [5.74, 6) is 0.326. The van der Waals surface area contributed by atoms with Gasteiger partial charge in [0, 0.05) is 44.6 Å². The quantitative estimate of drug-likeness (QED) is 0.773. The van der Waals surface area contributed by atoms with Crippen LogP contribution in [-0.4, -0.2) is 60.8 Å². The van der Waals surface area contributed by atoms with E-state index in [0.29, 0.717) is 25.6 Å². The Balaban J connectivity index is 1.46. The minimum Gasteiger partial charge on any atom is -0.347 e. The average molecular weight is 436 g/mol. The molecule has 1 amide bonds. The lowest BCUT2D eigenvalue weighted by molar-refractivity contribution is 0.0934. The standard InChI is InChI=1S/C19H25N5O3S2/c25-18(22-15-6-4-10-23(14-15)19-20-8-5-9-21-19)17-16(7-13-28-17)29(26,27)24-11-2-1-3-12-24/h5,7-9,13,15H,1-4,6,10-12,14H2,(H,22,25)/t15-/m1/s1. The highest BCUT2D eigenvalue weighted by Gasteiger charge is 2.32. The fourth-order valence-electron chi connectivity index (χ4n) is 3.89. The van der Waals surface area contributed by atoms with Gasteiger partial charge < -0.3 is 10.2 Å². The highest BCUT2D eigenvalue weighted by Crippen LogP contribution is 2.27. The Morgan fingerprint density at radius 3 is 2.62 bits per heavy atom. The number of aromatic nitrogens is 2. The van der Waals surface area contributed by atoms with Crippen molar-refractivity contribution >= 4 is 33.2 Å². The molecule has 2 aliphatic heterocycles. The molecule has 0 aromatic carbocycles. The predicted molar refractivity (Wildman–Crippen MR) is 112 cm³/mol. The van der Waals surface area contributed by atoms with Crippen LogP contribution in [0.3, 0.4) is 0 Å². The predicted octanol–water partition coefficient (Wildman–Crippen LogP) is 2.11. The summed E-state index contributed by atoms with van der Waals surface area (Å²) in [7, 11) is -3.64. The maximum Gasteiger partial charge on any atom is 0.263 e. The van der Waals surface area contributed by atoms with Crippen LogP contribution in [0.1, 0.15) is 41.8 Å². The van der Waals surface area contributed by atoms with Gasteiger partial charge in [0.25, 0.3) is 5.91 Å². The van der Waals surface area contributed by atoms with Crippen molar-refractivity contribution in [2.45, 2.75) is 43.0 Å². The number of carbonyl (C=O) groups excluding carboxylic acids is 1. The molecule has 10 heteroatoms. The maximum atomic E-state index is 13.0. The lowest BCUT2D eigenvalue weighted by atomic mass is 10.1. The van der Waals surface area contributed by atoms with Gasteiger partial charge in [0.05, 0.1) is 0 Å². The molecule has 2 saturated heterocycles. The fraction of sp³-hybridized carbons (Fsp3) is 0.526. The zero-order valence-corrected chi connectivity index (χ0v) is 17.8. The molecule has 29 heavy (non-hydrogen) atoms. The Morgan fingerprint density at radius 1 is 1.10 bits per heavy atom. The van der Waals surface area contributed by atoms with Crippen molar-refractivity contribution in [3.8, 4) is 0 Å². The van der Waals surface area contributed by atoms with E-state index in [1.807, 2.05) is 4.90 Å².